The van der Waals surface area contributed by atoms with Gasteiger partial charge in [-0.25, -0.2) is 4.98 Å². The zero-order valence-corrected chi connectivity index (χ0v) is 19.1. The van der Waals surface area contributed by atoms with Gasteiger partial charge in [0.25, 0.3) is 0 Å². The van der Waals surface area contributed by atoms with Crippen molar-refractivity contribution < 1.29 is 9.32 Å². The number of anilines is 1. The van der Waals surface area contributed by atoms with Crippen molar-refractivity contribution in [3.8, 4) is 0 Å². The minimum absolute atomic E-state index is 0.0949. The molecular weight excluding hydrogens is 400 g/mol. The molecule has 32 heavy (non-hydrogen) atoms. The second-order valence-corrected chi connectivity index (χ2v) is 8.90. The van der Waals surface area contributed by atoms with Gasteiger partial charge in [-0.05, 0) is 62.1 Å². The van der Waals surface area contributed by atoms with Gasteiger partial charge in [-0.3, -0.25) is 4.79 Å². The molecule has 2 aromatic carbocycles. The van der Waals surface area contributed by atoms with Gasteiger partial charge < -0.3 is 14.3 Å². The van der Waals surface area contributed by atoms with Gasteiger partial charge in [-0.15, -0.1) is 0 Å². The Morgan fingerprint density at radius 2 is 1.72 bits per heavy atom. The second-order valence-electron chi connectivity index (χ2n) is 8.90. The minimum Gasteiger partial charge on any atom is -0.356 e. The van der Waals surface area contributed by atoms with E-state index in [0.717, 1.165) is 52.2 Å². The van der Waals surface area contributed by atoms with Gasteiger partial charge in [0.2, 0.25) is 5.91 Å². The van der Waals surface area contributed by atoms with Gasteiger partial charge in [0.05, 0.1) is 11.9 Å². The average molecular weight is 429 g/mol. The minimum atomic E-state index is 0.0949. The van der Waals surface area contributed by atoms with E-state index in [1.807, 2.05) is 18.7 Å². The SMILES string of the molecule is Cc1cc(C)c2onc(CC(=O)N3CCN(c4cc(C)c5cccc(C)c5n4)CC3)c2c1. The lowest BCUT2D eigenvalue weighted by molar-refractivity contribution is -0.130. The largest absolute Gasteiger partial charge is 0.356 e. The van der Waals surface area contributed by atoms with Crippen molar-refractivity contribution >= 4 is 33.6 Å². The number of hydrogen-bond donors (Lipinski definition) is 0. The van der Waals surface area contributed by atoms with Gasteiger partial charge >= 0.3 is 0 Å². The Bertz CT molecular complexity index is 1330. The molecule has 0 N–H and O–H groups in total. The van der Waals surface area contributed by atoms with Crippen LogP contribution in [-0.2, 0) is 11.2 Å². The van der Waals surface area contributed by atoms with Crippen LogP contribution in [0.1, 0.15) is 27.9 Å². The Kier molecular flexibility index (Phi) is 5.08. The van der Waals surface area contributed by atoms with Crippen LogP contribution in [0.5, 0.6) is 0 Å². The van der Waals surface area contributed by atoms with Gasteiger partial charge in [0.1, 0.15) is 11.5 Å². The Labute approximate surface area is 187 Å². The number of amides is 1. The molecule has 6 heteroatoms. The van der Waals surface area contributed by atoms with Crippen LogP contribution in [0.25, 0.3) is 21.9 Å². The number of benzene rings is 2. The molecule has 3 heterocycles. The van der Waals surface area contributed by atoms with Gasteiger partial charge in [0, 0.05) is 37.0 Å². The molecule has 2 aromatic heterocycles. The number of fused-ring (bicyclic) bond motifs is 2. The van der Waals surface area contributed by atoms with Gasteiger partial charge in [0.15, 0.2) is 5.58 Å². The van der Waals surface area contributed by atoms with Gasteiger partial charge in [-0.1, -0.05) is 29.4 Å². The molecule has 1 amide bonds. The van der Waals surface area contributed by atoms with E-state index >= 15 is 0 Å². The predicted molar refractivity (Wildman–Crippen MR) is 127 cm³/mol. The Morgan fingerprint density at radius 1 is 0.938 bits per heavy atom. The molecule has 1 saturated heterocycles. The zero-order chi connectivity index (χ0) is 22.4. The van der Waals surface area contributed by atoms with Crippen LogP contribution >= 0.6 is 0 Å². The number of rotatable bonds is 3. The third kappa shape index (κ3) is 3.60. The summed E-state index contributed by atoms with van der Waals surface area (Å²) in [5.41, 5.74) is 7.17. The first-order chi connectivity index (χ1) is 15.4. The molecule has 1 aliphatic heterocycles. The molecule has 0 unspecified atom stereocenters. The Hall–Kier alpha value is -3.41. The fourth-order valence-electron chi connectivity index (χ4n) is 4.71. The maximum absolute atomic E-state index is 13.0. The van der Waals surface area contributed by atoms with Crippen molar-refractivity contribution in [3.05, 3.63) is 64.3 Å². The monoisotopic (exact) mass is 428 g/mol. The van der Waals surface area contributed by atoms with Crippen molar-refractivity contribution in [2.45, 2.75) is 34.1 Å². The number of pyridine rings is 1. The van der Waals surface area contributed by atoms with E-state index in [4.69, 9.17) is 9.51 Å². The van der Waals surface area contributed by atoms with Crippen LogP contribution in [0.3, 0.4) is 0 Å². The number of carbonyl (C=O) groups excluding carboxylic acids is 1. The highest BCUT2D eigenvalue weighted by molar-refractivity contribution is 5.89. The van der Waals surface area contributed by atoms with Crippen LogP contribution in [0.2, 0.25) is 0 Å². The van der Waals surface area contributed by atoms with Crippen LogP contribution < -0.4 is 4.90 Å². The summed E-state index contributed by atoms with van der Waals surface area (Å²) in [6, 6.07) is 12.6. The molecule has 0 bridgehead atoms. The first-order valence-corrected chi connectivity index (χ1v) is 11.2. The number of piperazine rings is 1. The van der Waals surface area contributed by atoms with Gasteiger partial charge in [-0.2, -0.15) is 0 Å². The molecule has 0 radical (unpaired) electrons. The van der Waals surface area contributed by atoms with Crippen molar-refractivity contribution in [1.29, 1.82) is 0 Å². The number of aromatic nitrogens is 2. The lowest BCUT2D eigenvalue weighted by atomic mass is 10.1. The third-order valence-electron chi connectivity index (χ3n) is 6.49. The number of nitrogens with zero attached hydrogens (tertiary/aromatic N) is 4. The van der Waals surface area contributed by atoms with Crippen molar-refractivity contribution in [2.75, 3.05) is 31.1 Å². The van der Waals surface area contributed by atoms with Crippen molar-refractivity contribution in [2.24, 2.45) is 0 Å². The summed E-state index contributed by atoms with van der Waals surface area (Å²) >= 11 is 0. The predicted octanol–water partition coefficient (Wildman–Crippen LogP) is 4.50. The van der Waals surface area contributed by atoms with E-state index in [-0.39, 0.29) is 12.3 Å². The maximum atomic E-state index is 13.0. The van der Waals surface area contributed by atoms with Crippen LogP contribution in [-0.4, -0.2) is 47.1 Å². The smallest absolute Gasteiger partial charge is 0.228 e. The number of para-hydroxylation sites is 1. The normalized spacial score (nSPS) is 14.5. The fourth-order valence-corrected chi connectivity index (χ4v) is 4.71. The second kappa shape index (κ2) is 7.93. The summed E-state index contributed by atoms with van der Waals surface area (Å²) in [7, 11) is 0. The quantitative estimate of drug-likeness (QED) is 0.481. The molecule has 0 aliphatic carbocycles. The van der Waals surface area contributed by atoms with E-state index in [0.29, 0.717) is 13.1 Å². The molecule has 0 spiro atoms. The number of hydrogen-bond acceptors (Lipinski definition) is 5. The zero-order valence-electron chi connectivity index (χ0n) is 19.1. The molecule has 6 nitrogen and oxygen atoms in total. The summed E-state index contributed by atoms with van der Waals surface area (Å²) in [5, 5.41) is 6.35. The highest BCUT2D eigenvalue weighted by atomic mass is 16.5. The summed E-state index contributed by atoms with van der Waals surface area (Å²) in [6.45, 7) is 11.2. The number of carbonyl (C=O) groups is 1. The first-order valence-electron chi connectivity index (χ1n) is 11.2. The summed E-state index contributed by atoms with van der Waals surface area (Å²) < 4.78 is 5.52. The Morgan fingerprint density at radius 3 is 2.50 bits per heavy atom. The topological polar surface area (TPSA) is 62.5 Å². The van der Waals surface area contributed by atoms with Crippen molar-refractivity contribution in [3.63, 3.8) is 0 Å². The van der Waals surface area contributed by atoms with E-state index in [1.165, 1.54) is 16.5 Å². The number of aryl methyl sites for hydroxylation is 4. The molecular formula is C26H28N4O2. The fraction of sp³-hybridized carbons (Fsp3) is 0.346. The lowest BCUT2D eigenvalue weighted by Crippen LogP contribution is -2.49. The average Bonchev–Trinajstić information content (AvgIpc) is 3.17. The molecule has 0 atom stereocenters. The molecule has 164 valence electrons. The van der Waals surface area contributed by atoms with Crippen molar-refractivity contribution in [1.82, 2.24) is 15.0 Å². The van der Waals surface area contributed by atoms with E-state index in [1.54, 1.807) is 0 Å². The third-order valence-corrected chi connectivity index (χ3v) is 6.49. The van der Waals surface area contributed by atoms with E-state index < -0.39 is 0 Å². The maximum Gasteiger partial charge on any atom is 0.228 e. The Balaban J connectivity index is 1.29. The van der Waals surface area contributed by atoms with Crippen LogP contribution in [0, 0.1) is 27.7 Å². The molecule has 1 fully saturated rings. The molecule has 4 aromatic rings. The molecule has 5 rings (SSSR count). The van der Waals surface area contributed by atoms with Crippen LogP contribution in [0.15, 0.2) is 40.9 Å². The highest BCUT2D eigenvalue weighted by Gasteiger charge is 2.24. The summed E-state index contributed by atoms with van der Waals surface area (Å²) in [6.07, 6.45) is 0.266. The lowest BCUT2D eigenvalue weighted by Gasteiger charge is -2.35. The molecule has 1 aliphatic rings. The standard InChI is InChI=1S/C26H28N4O2/c1-16-12-19(4)26-21(13-16)22(28-32-26)15-24(31)30-10-8-29(9-11-30)23-14-18(3)20-7-5-6-17(2)25(20)27-23/h5-7,12-14H,8-11,15H2,1-4H3. The van der Waals surface area contributed by atoms with E-state index in [2.05, 4.69) is 60.3 Å². The summed E-state index contributed by atoms with van der Waals surface area (Å²) in [4.78, 5) is 22.2. The first kappa shape index (κ1) is 20.5. The molecule has 0 saturated carbocycles. The summed E-state index contributed by atoms with van der Waals surface area (Å²) in [5.74, 6) is 1.09. The highest BCUT2D eigenvalue weighted by Crippen LogP contribution is 2.27. The van der Waals surface area contributed by atoms with E-state index in [9.17, 15) is 4.79 Å². The van der Waals surface area contributed by atoms with Crippen LogP contribution in [0.4, 0.5) is 5.82 Å².